The number of benzene rings is 4. The number of hydrogen-bond acceptors (Lipinski definition) is 5. The maximum atomic E-state index is 13.8. The number of nitrogens with zero attached hydrogens (tertiary/aromatic N) is 3. The van der Waals surface area contributed by atoms with Crippen LogP contribution in [0.3, 0.4) is 0 Å². The molecule has 0 spiro atoms. The van der Waals surface area contributed by atoms with E-state index < -0.39 is 0 Å². The van der Waals surface area contributed by atoms with Gasteiger partial charge in [0.05, 0.1) is 17.6 Å². The van der Waals surface area contributed by atoms with E-state index in [4.69, 9.17) is 21.9 Å². The second kappa shape index (κ2) is 12.6. The van der Waals surface area contributed by atoms with Gasteiger partial charge in [-0.15, -0.1) is 11.3 Å². The molecule has 7 nitrogen and oxygen atoms in total. The smallest absolute Gasteiger partial charge is 0.254 e. The molecule has 1 amide bonds. The number of thiophene rings is 1. The van der Waals surface area contributed by atoms with E-state index in [-0.39, 0.29) is 11.7 Å². The predicted octanol–water partition coefficient (Wildman–Crippen LogP) is 5.97. The van der Waals surface area contributed by atoms with Gasteiger partial charge in [0.2, 0.25) is 0 Å². The number of hydrogen-bond donors (Lipinski definition) is 3. The highest BCUT2D eigenvalue weighted by Gasteiger charge is 2.19. The van der Waals surface area contributed by atoms with Gasteiger partial charge >= 0.3 is 0 Å². The molecule has 8 heteroatoms. The van der Waals surface area contributed by atoms with Gasteiger partial charge < -0.3 is 20.9 Å². The van der Waals surface area contributed by atoms with Crippen LogP contribution in [0.5, 0.6) is 0 Å². The van der Waals surface area contributed by atoms with Crippen molar-refractivity contribution in [1.82, 2.24) is 14.5 Å². The molecule has 6 aromatic rings. The molecule has 4 aromatic carbocycles. The lowest BCUT2D eigenvalue weighted by atomic mass is 10.1. The summed E-state index contributed by atoms with van der Waals surface area (Å²) in [7, 11) is 0. The van der Waals surface area contributed by atoms with Crippen LogP contribution in [0, 0.1) is 5.41 Å². The van der Waals surface area contributed by atoms with E-state index in [1.54, 1.807) is 11.3 Å². The Kier molecular flexibility index (Phi) is 8.31. The molecule has 0 aliphatic heterocycles. The van der Waals surface area contributed by atoms with Crippen molar-refractivity contribution in [3.05, 3.63) is 135 Å². The molecule has 0 bridgehead atoms. The number of nitrogens with one attached hydrogen (secondary N) is 1. The zero-order valence-corrected chi connectivity index (χ0v) is 24.7. The predicted molar refractivity (Wildman–Crippen MR) is 176 cm³/mol. The number of carbonyl (C=O) groups is 1. The average Bonchev–Trinajstić information content (AvgIpc) is 3.67. The van der Waals surface area contributed by atoms with E-state index in [1.807, 2.05) is 59.5 Å². The van der Waals surface area contributed by atoms with Gasteiger partial charge in [0.15, 0.2) is 0 Å². The van der Waals surface area contributed by atoms with Crippen molar-refractivity contribution in [2.45, 2.75) is 25.9 Å². The number of nitrogens with two attached hydrogens (primary N) is 2. The number of nitrogen functional groups attached to an aromatic ring is 1. The van der Waals surface area contributed by atoms with Crippen molar-refractivity contribution in [2.75, 3.05) is 13.1 Å². The zero-order chi connectivity index (χ0) is 29.8. The van der Waals surface area contributed by atoms with E-state index in [0.29, 0.717) is 25.2 Å². The molecule has 43 heavy (non-hydrogen) atoms. The topological polar surface area (TPSA) is 114 Å². The van der Waals surface area contributed by atoms with E-state index in [9.17, 15) is 4.79 Å². The standard InChI is InChI=1S/C35H34N6OS/c36-17-18-40(22-25-9-11-26-4-1-2-5-28(26)20-25)35(42)29-14-15-32-31(21-29)39-33(41(32)23-30-6-3-19-43-30)16-10-24-7-12-27(13-8-24)34(37)38/h1-9,11-15,19-21H,10,16-18,22-23,36H2,(H3,37,38). The number of fused-ring (bicyclic) bond motifs is 2. The number of carbonyl (C=O) groups excluding carboxylic acids is 1. The SMILES string of the molecule is N=C(N)c1ccc(CCc2nc3cc(C(=O)N(CCN)Cc4ccc5ccccc5c4)ccc3n2Cc2cccs2)cc1. The molecule has 0 unspecified atom stereocenters. The zero-order valence-electron chi connectivity index (χ0n) is 23.9. The summed E-state index contributed by atoms with van der Waals surface area (Å²) in [4.78, 5) is 21.9. The monoisotopic (exact) mass is 586 g/mol. The largest absolute Gasteiger partial charge is 0.384 e. The van der Waals surface area contributed by atoms with Crippen LogP contribution < -0.4 is 11.5 Å². The van der Waals surface area contributed by atoms with Crippen LogP contribution >= 0.6 is 11.3 Å². The molecule has 6 rings (SSSR count). The summed E-state index contributed by atoms with van der Waals surface area (Å²) in [5, 5.41) is 12.1. The number of aromatic nitrogens is 2. The lowest BCUT2D eigenvalue weighted by Gasteiger charge is -2.22. The van der Waals surface area contributed by atoms with Crippen LogP contribution in [0.4, 0.5) is 0 Å². The third-order valence-corrected chi connectivity index (χ3v) is 8.61. The first-order chi connectivity index (χ1) is 21.0. The Balaban J connectivity index is 1.28. The lowest BCUT2D eigenvalue weighted by Crippen LogP contribution is -2.34. The minimum Gasteiger partial charge on any atom is -0.384 e. The van der Waals surface area contributed by atoms with E-state index in [2.05, 4.69) is 52.4 Å². The fourth-order valence-corrected chi connectivity index (χ4v) is 6.19. The summed E-state index contributed by atoms with van der Waals surface area (Å²) >= 11 is 1.72. The van der Waals surface area contributed by atoms with Gasteiger partial charge in [0.25, 0.3) is 5.91 Å². The highest BCUT2D eigenvalue weighted by molar-refractivity contribution is 7.09. The summed E-state index contributed by atoms with van der Waals surface area (Å²) in [5.41, 5.74) is 16.9. The fourth-order valence-electron chi connectivity index (χ4n) is 5.49. The molecular formula is C35H34N6OS. The summed E-state index contributed by atoms with van der Waals surface area (Å²) in [5.74, 6) is 0.982. The van der Waals surface area contributed by atoms with Crippen LogP contribution in [-0.2, 0) is 25.9 Å². The van der Waals surface area contributed by atoms with Crippen molar-refractivity contribution in [3.8, 4) is 0 Å². The quantitative estimate of drug-likeness (QED) is 0.128. The second-order valence-corrected chi connectivity index (χ2v) is 11.7. The number of aryl methyl sites for hydroxylation is 2. The Labute approximate surface area is 254 Å². The van der Waals surface area contributed by atoms with Gasteiger partial charge in [-0.05, 0) is 64.0 Å². The minimum atomic E-state index is -0.0552. The highest BCUT2D eigenvalue weighted by atomic mass is 32.1. The van der Waals surface area contributed by atoms with Crippen molar-refractivity contribution in [3.63, 3.8) is 0 Å². The first kappa shape index (κ1) is 28.3. The van der Waals surface area contributed by atoms with Crippen LogP contribution in [0.15, 0.2) is 102 Å². The van der Waals surface area contributed by atoms with Crippen LogP contribution in [-0.4, -0.2) is 39.3 Å². The number of imidazole rings is 1. The molecule has 216 valence electrons. The molecule has 0 radical (unpaired) electrons. The molecule has 0 aliphatic carbocycles. The Morgan fingerprint density at radius 1 is 0.860 bits per heavy atom. The molecular weight excluding hydrogens is 552 g/mol. The van der Waals surface area contributed by atoms with Crippen LogP contribution in [0.25, 0.3) is 21.8 Å². The number of rotatable bonds is 11. The third-order valence-electron chi connectivity index (χ3n) is 7.74. The molecule has 2 heterocycles. The van der Waals surface area contributed by atoms with E-state index in [0.717, 1.165) is 58.3 Å². The third kappa shape index (κ3) is 6.35. The number of amidine groups is 1. The van der Waals surface area contributed by atoms with Crippen molar-refractivity contribution >= 4 is 44.9 Å². The van der Waals surface area contributed by atoms with Gasteiger partial charge in [0.1, 0.15) is 11.7 Å². The van der Waals surface area contributed by atoms with E-state index in [1.165, 1.54) is 10.3 Å². The van der Waals surface area contributed by atoms with Gasteiger partial charge in [-0.1, -0.05) is 66.7 Å². The molecule has 0 saturated carbocycles. The van der Waals surface area contributed by atoms with Crippen molar-refractivity contribution in [1.29, 1.82) is 5.41 Å². The van der Waals surface area contributed by atoms with Crippen LogP contribution in [0.1, 0.15) is 37.7 Å². The van der Waals surface area contributed by atoms with Crippen molar-refractivity contribution in [2.24, 2.45) is 11.5 Å². The number of amides is 1. The second-order valence-electron chi connectivity index (χ2n) is 10.7. The Hall–Kier alpha value is -4.79. The fraction of sp³-hybridized carbons (Fsp3) is 0.171. The summed E-state index contributed by atoms with van der Waals surface area (Å²) < 4.78 is 2.26. The molecule has 5 N–H and O–H groups in total. The van der Waals surface area contributed by atoms with Gasteiger partial charge in [-0.25, -0.2) is 4.98 Å². The highest BCUT2D eigenvalue weighted by Crippen LogP contribution is 2.24. The van der Waals surface area contributed by atoms with E-state index >= 15 is 0 Å². The molecule has 0 fully saturated rings. The summed E-state index contributed by atoms with van der Waals surface area (Å²) in [6.07, 6.45) is 1.54. The van der Waals surface area contributed by atoms with Gasteiger partial charge in [0, 0.05) is 42.1 Å². The summed E-state index contributed by atoms with van der Waals surface area (Å²) in [6.45, 7) is 2.06. The normalized spacial score (nSPS) is 11.3. The maximum Gasteiger partial charge on any atom is 0.254 e. The first-order valence-corrected chi connectivity index (χ1v) is 15.3. The maximum absolute atomic E-state index is 13.8. The Morgan fingerprint density at radius 3 is 2.37 bits per heavy atom. The Bertz CT molecular complexity index is 1890. The Morgan fingerprint density at radius 2 is 1.63 bits per heavy atom. The molecule has 0 saturated heterocycles. The molecule has 2 aromatic heterocycles. The average molecular weight is 587 g/mol. The molecule has 0 aliphatic rings. The first-order valence-electron chi connectivity index (χ1n) is 14.4. The molecule has 0 atom stereocenters. The summed E-state index contributed by atoms with van der Waals surface area (Å²) in [6, 6.07) is 32.4. The minimum absolute atomic E-state index is 0.0552. The van der Waals surface area contributed by atoms with Gasteiger partial charge in [-0.2, -0.15) is 0 Å². The van der Waals surface area contributed by atoms with Crippen molar-refractivity contribution < 1.29 is 4.79 Å². The lowest BCUT2D eigenvalue weighted by molar-refractivity contribution is 0.0748. The van der Waals surface area contributed by atoms with Gasteiger partial charge in [-0.3, -0.25) is 10.2 Å². The van der Waals surface area contributed by atoms with Crippen LogP contribution in [0.2, 0.25) is 0 Å².